The summed E-state index contributed by atoms with van der Waals surface area (Å²) in [6.45, 7) is 2.02. The molecule has 0 aromatic heterocycles. The van der Waals surface area contributed by atoms with Gasteiger partial charge >= 0.3 is 0 Å². The zero-order valence-electron chi connectivity index (χ0n) is 12.8. The van der Waals surface area contributed by atoms with E-state index < -0.39 is 0 Å². The summed E-state index contributed by atoms with van der Waals surface area (Å²) in [5.74, 6) is -0.0949. The molecule has 22 heavy (non-hydrogen) atoms. The number of rotatable bonds is 5. The second-order valence-electron chi connectivity index (χ2n) is 5.22. The molecule has 0 aliphatic rings. The molecule has 114 valence electrons. The van der Waals surface area contributed by atoms with Crippen LogP contribution in [0.25, 0.3) is 0 Å². The van der Waals surface area contributed by atoms with Gasteiger partial charge in [0.05, 0.1) is 0 Å². The molecular formula is C18H20N2O2. The molecule has 0 heterocycles. The van der Waals surface area contributed by atoms with Gasteiger partial charge < -0.3 is 10.6 Å². The molecule has 2 aromatic rings. The van der Waals surface area contributed by atoms with Gasteiger partial charge in [0.15, 0.2) is 0 Å². The second kappa shape index (κ2) is 7.41. The molecule has 0 aliphatic heterocycles. The van der Waals surface area contributed by atoms with Gasteiger partial charge in [-0.25, -0.2) is 0 Å². The monoisotopic (exact) mass is 296 g/mol. The molecule has 0 saturated carbocycles. The van der Waals surface area contributed by atoms with Gasteiger partial charge in [0.25, 0.3) is 5.91 Å². The predicted octanol–water partition coefficient (Wildman–Crippen LogP) is 3.18. The molecule has 2 rings (SSSR count). The second-order valence-corrected chi connectivity index (χ2v) is 5.22. The standard InChI is InChI=1S/C18H20N2O2/c1-13(14-7-4-3-5-8-14)11-17(21)20-16-10-6-9-15(12-16)18(22)19-2/h3-10,12-13H,11H2,1-2H3,(H,19,22)(H,20,21). The summed E-state index contributed by atoms with van der Waals surface area (Å²) in [6.07, 6.45) is 0.397. The van der Waals surface area contributed by atoms with Gasteiger partial charge in [0.1, 0.15) is 0 Å². The number of benzene rings is 2. The first-order chi connectivity index (χ1) is 10.6. The Morgan fingerprint density at radius 3 is 2.45 bits per heavy atom. The summed E-state index contributed by atoms with van der Waals surface area (Å²) < 4.78 is 0. The minimum atomic E-state index is -0.172. The molecule has 0 fully saturated rings. The predicted molar refractivity (Wildman–Crippen MR) is 87.9 cm³/mol. The van der Waals surface area contributed by atoms with E-state index in [0.717, 1.165) is 5.56 Å². The van der Waals surface area contributed by atoms with Crippen molar-refractivity contribution in [1.82, 2.24) is 5.32 Å². The van der Waals surface area contributed by atoms with Gasteiger partial charge in [0, 0.05) is 24.7 Å². The molecule has 0 spiro atoms. The summed E-state index contributed by atoms with van der Waals surface area (Å²) in [5.41, 5.74) is 2.29. The Bertz CT molecular complexity index is 653. The Morgan fingerprint density at radius 2 is 1.77 bits per heavy atom. The highest BCUT2D eigenvalue weighted by Gasteiger charge is 2.12. The van der Waals surface area contributed by atoms with E-state index in [1.807, 2.05) is 37.3 Å². The normalized spacial score (nSPS) is 11.5. The van der Waals surface area contributed by atoms with Crippen molar-refractivity contribution < 1.29 is 9.59 Å². The smallest absolute Gasteiger partial charge is 0.251 e. The van der Waals surface area contributed by atoms with Crippen LogP contribution in [-0.2, 0) is 4.79 Å². The van der Waals surface area contributed by atoms with E-state index in [0.29, 0.717) is 17.7 Å². The topological polar surface area (TPSA) is 58.2 Å². The molecule has 2 N–H and O–H groups in total. The lowest BCUT2D eigenvalue weighted by Crippen LogP contribution is -2.18. The summed E-state index contributed by atoms with van der Waals surface area (Å²) in [4.78, 5) is 23.7. The van der Waals surface area contributed by atoms with Crippen LogP contribution in [0.5, 0.6) is 0 Å². The lowest BCUT2D eigenvalue weighted by atomic mass is 9.97. The third kappa shape index (κ3) is 4.19. The number of hydrogen-bond donors (Lipinski definition) is 2. The van der Waals surface area contributed by atoms with E-state index in [1.54, 1.807) is 31.3 Å². The Labute approximate surface area is 130 Å². The molecule has 1 unspecified atom stereocenters. The van der Waals surface area contributed by atoms with Crippen molar-refractivity contribution in [2.45, 2.75) is 19.3 Å². The van der Waals surface area contributed by atoms with Gasteiger partial charge in [-0.3, -0.25) is 9.59 Å². The van der Waals surface area contributed by atoms with Crippen molar-refractivity contribution in [3.8, 4) is 0 Å². The third-order valence-corrected chi connectivity index (χ3v) is 3.50. The summed E-state index contributed by atoms with van der Waals surface area (Å²) in [5, 5.41) is 5.41. The first kappa shape index (κ1) is 15.8. The number of hydrogen-bond acceptors (Lipinski definition) is 2. The lowest BCUT2D eigenvalue weighted by molar-refractivity contribution is -0.116. The maximum Gasteiger partial charge on any atom is 0.251 e. The van der Waals surface area contributed by atoms with E-state index >= 15 is 0 Å². The number of carbonyl (C=O) groups excluding carboxylic acids is 2. The Morgan fingerprint density at radius 1 is 1.05 bits per heavy atom. The highest BCUT2D eigenvalue weighted by Crippen LogP contribution is 2.19. The summed E-state index contributed by atoms with van der Waals surface area (Å²) in [6, 6.07) is 16.8. The Hall–Kier alpha value is -2.62. The molecule has 0 saturated heterocycles. The van der Waals surface area contributed by atoms with Crippen molar-refractivity contribution in [2.75, 3.05) is 12.4 Å². The molecular weight excluding hydrogens is 276 g/mol. The molecule has 4 nitrogen and oxygen atoms in total. The fourth-order valence-electron chi connectivity index (χ4n) is 2.27. The van der Waals surface area contributed by atoms with Crippen LogP contribution in [0.15, 0.2) is 54.6 Å². The molecule has 2 amide bonds. The van der Waals surface area contributed by atoms with Crippen LogP contribution in [0, 0.1) is 0 Å². The van der Waals surface area contributed by atoms with Crippen molar-refractivity contribution in [3.63, 3.8) is 0 Å². The van der Waals surface area contributed by atoms with E-state index in [4.69, 9.17) is 0 Å². The number of carbonyl (C=O) groups is 2. The number of nitrogens with one attached hydrogen (secondary N) is 2. The quantitative estimate of drug-likeness (QED) is 0.890. The molecule has 2 aromatic carbocycles. The molecule has 0 radical (unpaired) electrons. The van der Waals surface area contributed by atoms with E-state index in [2.05, 4.69) is 10.6 Å². The van der Waals surface area contributed by atoms with Crippen molar-refractivity contribution >= 4 is 17.5 Å². The van der Waals surface area contributed by atoms with Crippen molar-refractivity contribution in [3.05, 3.63) is 65.7 Å². The largest absolute Gasteiger partial charge is 0.355 e. The zero-order chi connectivity index (χ0) is 15.9. The fourth-order valence-corrected chi connectivity index (χ4v) is 2.27. The highest BCUT2D eigenvalue weighted by molar-refractivity contribution is 5.97. The first-order valence-corrected chi connectivity index (χ1v) is 7.27. The van der Waals surface area contributed by atoms with Crippen LogP contribution in [0.1, 0.15) is 35.2 Å². The summed E-state index contributed by atoms with van der Waals surface area (Å²) in [7, 11) is 1.58. The van der Waals surface area contributed by atoms with Gasteiger partial charge in [-0.15, -0.1) is 0 Å². The average Bonchev–Trinajstić information content (AvgIpc) is 2.55. The van der Waals surface area contributed by atoms with Crippen molar-refractivity contribution in [1.29, 1.82) is 0 Å². The number of anilines is 1. The van der Waals surface area contributed by atoms with Crippen LogP contribution in [-0.4, -0.2) is 18.9 Å². The molecule has 4 heteroatoms. The lowest BCUT2D eigenvalue weighted by Gasteiger charge is -2.12. The van der Waals surface area contributed by atoms with Gasteiger partial charge in [-0.2, -0.15) is 0 Å². The maximum absolute atomic E-state index is 12.1. The van der Waals surface area contributed by atoms with E-state index in [9.17, 15) is 9.59 Å². The van der Waals surface area contributed by atoms with E-state index in [1.165, 1.54) is 0 Å². The molecule has 0 bridgehead atoms. The minimum absolute atomic E-state index is 0.0644. The van der Waals surface area contributed by atoms with Gasteiger partial charge in [0.2, 0.25) is 5.91 Å². The van der Waals surface area contributed by atoms with Crippen LogP contribution < -0.4 is 10.6 Å². The Kier molecular flexibility index (Phi) is 5.31. The highest BCUT2D eigenvalue weighted by atomic mass is 16.2. The van der Waals surface area contributed by atoms with Crippen LogP contribution >= 0.6 is 0 Å². The van der Waals surface area contributed by atoms with Gasteiger partial charge in [-0.1, -0.05) is 43.3 Å². The first-order valence-electron chi connectivity index (χ1n) is 7.27. The molecule has 0 aliphatic carbocycles. The minimum Gasteiger partial charge on any atom is -0.355 e. The Balaban J connectivity index is 1.99. The van der Waals surface area contributed by atoms with Crippen LogP contribution in [0.2, 0.25) is 0 Å². The SMILES string of the molecule is CNC(=O)c1cccc(NC(=O)CC(C)c2ccccc2)c1. The van der Waals surface area contributed by atoms with Gasteiger partial charge in [-0.05, 0) is 29.7 Å². The van der Waals surface area contributed by atoms with Crippen LogP contribution in [0.3, 0.4) is 0 Å². The molecule has 1 atom stereocenters. The van der Waals surface area contributed by atoms with Crippen molar-refractivity contribution in [2.24, 2.45) is 0 Å². The summed E-state index contributed by atoms with van der Waals surface area (Å²) >= 11 is 0. The number of amides is 2. The third-order valence-electron chi connectivity index (χ3n) is 3.50. The fraction of sp³-hybridized carbons (Fsp3) is 0.222. The van der Waals surface area contributed by atoms with Crippen LogP contribution in [0.4, 0.5) is 5.69 Å². The maximum atomic E-state index is 12.1. The zero-order valence-corrected chi connectivity index (χ0v) is 12.8. The van der Waals surface area contributed by atoms with E-state index in [-0.39, 0.29) is 17.7 Å². The average molecular weight is 296 g/mol.